The molecule has 0 atom stereocenters. The van der Waals surface area contributed by atoms with Gasteiger partial charge in [0.2, 0.25) is 5.91 Å². The zero-order valence-electron chi connectivity index (χ0n) is 12.9. The number of carbonyl (C=O) groups is 1. The number of hydrogen-bond acceptors (Lipinski definition) is 5. The summed E-state index contributed by atoms with van der Waals surface area (Å²) >= 11 is 0. The van der Waals surface area contributed by atoms with Gasteiger partial charge in [0.25, 0.3) is 0 Å². The van der Waals surface area contributed by atoms with E-state index in [2.05, 4.69) is 34.4 Å². The number of anilines is 2. The van der Waals surface area contributed by atoms with Gasteiger partial charge in [0, 0.05) is 25.7 Å². The number of nitrogens with one attached hydrogen (secondary N) is 2. The molecule has 6 nitrogen and oxygen atoms in total. The Kier molecular flexibility index (Phi) is 6.76. The first-order valence-corrected chi connectivity index (χ1v) is 7.19. The van der Waals surface area contributed by atoms with Crippen LogP contribution in [0.2, 0.25) is 0 Å². The highest BCUT2D eigenvalue weighted by Gasteiger charge is 2.15. The molecule has 0 unspecified atom stereocenters. The fourth-order valence-corrected chi connectivity index (χ4v) is 2.00. The van der Waals surface area contributed by atoms with Crippen LogP contribution < -0.4 is 15.5 Å². The molecule has 0 radical (unpaired) electrons. The van der Waals surface area contributed by atoms with Crippen LogP contribution in [0.15, 0.2) is 6.33 Å². The summed E-state index contributed by atoms with van der Waals surface area (Å²) in [4.78, 5) is 22.2. The Morgan fingerprint density at radius 2 is 2.05 bits per heavy atom. The van der Waals surface area contributed by atoms with E-state index in [1.165, 1.54) is 0 Å². The SMILES string of the molecule is CCCNc1ncnc(N(C)CC(=O)NCC)c1CC. The summed E-state index contributed by atoms with van der Waals surface area (Å²) in [6.07, 6.45) is 3.40. The Labute approximate surface area is 121 Å². The lowest BCUT2D eigenvalue weighted by Crippen LogP contribution is -2.35. The van der Waals surface area contributed by atoms with Crippen molar-refractivity contribution < 1.29 is 4.79 Å². The first kappa shape index (κ1) is 16.2. The summed E-state index contributed by atoms with van der Waals surface area (Å²) in [5.74, 6) is 1.67. The normalized spacial score (nSPS) is 10.2. The van der Waals surface area contributed by atoms with Gasteiger partial charge < -0.3 is 15.5 Å². The van der Waals surface area contributed by atoms with Gasteiger partial charge in [-0.1, -0.05) is 13.8 Å². The monoisotopic (exact) mass is 279 g/mol. The van der Waals surface area contributed by atoms with Crippen LogP contribution >= 0.6 is 0 Å². The topological polar surface area (TPSA) is 70.2 Å². The lowest BCUT2D eigenvalue weighted by molar-refractivity contribution is -0.119. The first-order valence-electron chi connectivity index (χ1n) is 7.19. The number of aromatic nitrogens is 2. The third kappa shape index (κ3) is 4.36. The van der Waals surface area contributed by atoms with Crippen molar-refractivity contribution >= 4 is 17.5 Å². The van der Waals surface area contributed by atoms with Crippen molar-refractivity contribution in [3.05, 3.63) is 11.9 Å². The van der Waals surface area contributed by atoms with Crippen molar-refractivity contribution in [1.82, 2.24) is 15.3 Å². The number of nitrogens with zero attached hydrogens (tertiary/aromatic N) is 3. The molecule has 0 aromatic carbocycles. The number of carbonyl (C=O) groups excluding carboxylic acids is 1. The smallest absolute Gasteiger partial charge is 0.239 e. The molecule has 1 aromatic heterocycles. The zero-order chi connectivity index (χ0) is 15.0. The Hall–Kier alpha value is -1.85. The predicted octanol–water partition coefficient (Wildman–Crippen LogP) is 1.43. The lowest BCUT2D eigenvalue weighted by Gasteiger charge is -2.21. The van der Waals surface area contributed by atoms with E-state index in [1.54, 1.807) is 6.33 Å². The standard InChI is InChI=1S/C14H25N5O/c1-5-8-16-13-11(6-2)14(18-10-17-13)19(4)9-12(20)15-7-3/h10H,5-9H2,1-4H3,(H,15,20)(H,16,17,18). The van der Waals surface area contributed by atoms with Crippen molar-refractivity contribution in [2.75, 3.05) is 36.9 Å². The van der Waals surface area contributed by atoms with Crippen molar-refractivity contribution in [2.45, 2.75) is 33.6 Å². The van der Waals surface area contributed by atoms with Crippen LogP contribution in [0.1, 0.15) is 32.8 Å². The number of amides is 1. The minimum Gasteiger partial charge on any atom is -0.370 e. The Morgan fingerprint density at radius 1 is 1.30 bits per heavy atom. The fourth-order valence-electron chi connectivity index (χ4n) is 2.00. The molecule has 1 amide bonds. The number of rotatable bonds is 8. The second-order valence-electron chi connectivity index (χ2n) is 4.61. The lowest BCUT2D eigenvalue weighted by atomic mass is 10.2. The van der Waals surface area contributed by atoms with Gasteiger partial charge >= 0.3 is 0 Å². The quantitative estimate of drug-likeness (QED) is 0.753. The summed E-state index contributed by atoms with van der Waals surface area (Å²) in [6.45, 7) is 7.91. The minimum absolute atomic E-state index is 0.00117. The molecular formula is C14H25N5O. The maximum Gasteiger partial charge on any atom is 0.239 e. The average molecular weight is 279 g/mol. The molecule has 0 saturated carbocycles. The second-order valence-corrected chi connectivity index (χ2v) is 4.61. The Morgan fingerprint density at radius 3 is 2.65 bits per heavy atom. The third-order valence-electron chi connectivity index (χ3n) is 2.93. The molecule has 112 valence electrons. The third-order valence-corrected chi connectivity index (χ3v) is 2.93. The van der Waals surface area contributed by atoms with Gasteiger partial charge in [-0.3, -0.25) is 4.79 Å². The highest BCUT2D eigenvalue weighted by molar-refractivity contribution is 5.81. The molecule has 0 aliphatic carbocycles. The molecule has 1 rings (SSSR count). The zero-order valence-corrected chi connectivity index (χ0v) is 12.9. The van der Waals surface area contributed by atoms with Crippen molar-refractivity contribution in [3.8, 4) is 0 Å². The van der Waals surface area contributed by atoms with Gasteiger partial charge in [-0.2, -0.15) is 0 Å². The van der Waals surface area contributed by atoms with Gasteiger partial charge in [0.15, 0.2) is 0 Å². The second kappa shape index (κ2) is 8.35. The van der Waals surface area contributed by atoms with Gasteiger partial charge in [0.05, 0.1) is 6.54 Å². The van der Waals surface area contributed by atoms with Crippen LogP contribution in [0.25, 0.3) is 0 Å². The summed E-state index contributed by atoms with van der Waals surface area (Å²) in [5, 5.41) is 6.10. The molecule has 0 fully saturated rings. The molecule has 0 spiro atoms. The van der Waals surface area contributed by atoms with Crippen LogP contribution in [0.5, 0.6) is 0 Å². The number of likely N-dealkylation sites (N-methyl/N-ethyl adjacent to an activating group) is 2. The summed E-state index contributed by atoms with van der Waals surface area (Å²) in [5.41, 5.74) is 1.05. The highest BCUT2D eigenvalue weighted by atomic mass is 16.2. The first-order chi connectivity index (χ1) is 9.63. The molecule has 20 heavy (non-hydrogen) atoms. The fraction of sp³-hybridized carbons (Fsp3) is 0.643. The van der Waals surface area contributed by atoms with E-state index in [-0.39, 0.29) is 5.91 Å². The van der Waals surface area contributed by atoms with E-state index in [9.17, 15) is 4.79 Å². The summed E-state index contributed by atoms with van der Waals surface area (Å²) in [7, 11) is 1.88. The summed E-state index contributed by atoms with van der Waals surface area (Å²) in [6, 6.07) is 0. The molecule has 1 heterocycles. The van der Waals surface area contributed by atoms with E-state index in [0.717, 1.165) is 36.6 Å². The minimum atomic E-state index is -0.00117. The van der Waals surface area contributed by atoms with E-state index in [0.29, 0.717) is 13.1 Å². The highest BCUT2D eigenvalue weighted by Crippen LogP contribution is 2.22. The van der Waals surface area contributed by atoms with Crippen molar-refractivity contribution in [3.63, 3.8) is 0 Å². The molecule has 1 aromatic rings. The van der Waals surface area contributed by atoms with Crippen molar-refractivity contribution in [1.29, 1.82) is 0 Å². The van der Waals surface area contributed by atoms with E-state index in [4.69, 9.17) is 0 Å². The van der Waals surface area contributed by atoms with E-state index >= 15 is 0 Å². The Bertz CT molecular complexity index is 436. The molecule has 2 N–H and O–H groups in total. The van der Waals surface area contributed by atoms with Crippen LogP contribution in [0.4, 0.5) is 11.6 Å². The van der Waals surface area contributed by atoms with Gasteiger partial charge in [-0.05, 0) is 19.8 Å². The largest absolute Gasteiger partial charge is 0.370 e. The number of hydrogen-bond donors (Lipinski definition) is 2. The summed E-state index contributed by atoms with van der Waals surface area (Å²) < 4.78 is 0. The predicted molar refractivity (Wildman–Crippen MR) is 82.1 cm³/mol. The Balaban J connectivity index is 2.90. The molecule has 0 aliphatic heterocycles. The van der Waals surface area contributed by atoms with Crippen LogP contribution in [0, 0.1) is 0 Å². The van der Waals surface area contributed by atoms with Crippen LogP contribution in [0.3, 0.4) is 0 Å². The van der Waals surface area contributed by atoms with Crippen molar-refractivity contribution in [2.24, 2.45) is 0 Å². The molecule has 0 bridgehead atoms. The molecular weight excluding hydrogens is 254 g/mol. The van der Waals surface area contributed by atoms with E-state index in [1.807, 2.05) is 18.9 Å². The molecule has 6 heteroatoms. The van der Waals surface area contributed by atoms with Gasteiger partial charge in [-0.15, -0.1) is 0 Å². The maximum absolute atomic E-state index is 11.7. The van der Waals surface area contributed by atoms with Crippen LogP contribution in [-0.2, 0) is 11.2 Å². The molecule has 0 saturated heterocycles. The van der Waals surface area contributed by atoms with Gasteiger partial charge in [0.1, 0.15) is 18.0 Å². The van der Waals surface area contributed by atoms with E-state index < -0.39 is 0 Å². The van der Waals surface area contributed by atoms with Gasteiger partial charge in [-0.25, -0.2) is 9.97 Å². The average Bonchev–Trinajstić information content (AvgIpc) is 2.44. The maximum atomic E-state index is 11.7. The molecule has 0 aliphatic rings. The van der Waals surface area contributed by atoms with Crippen LogP contribution in [-0.4, -0.2) is 42.6 Å².